The van der Waals surface area contributed by atoms with Crippen LogP contribution in [0.1, 0.15) is 17.2 Å². The number of methoxy groups -OCH3 is 1. The number of amides is 1. The van der Waals surface area contributed by atoms with Gasteiger partial charge in [-0.25, -0.2) is 4.68 Å². The molecule has 5 rings (SSSR count). The number of halogens is 1. The minimum Gasteiger partial charge on any atom is -0.497 e. The highest BCUT2D eigenvalue weighted by molar-refractivity contribution is 8.00. The first-order valence-corrected chi connectivity index (χ1v) is 11.9. The van der Waals surface area contributed by atoms with Crippen LogP contribution in [0.25, 0.3) is 11.4 Å². The number of anilines is 1. The molecule has 0 spiro atoms. The maximum atomic E-state index is 13.5. The van der Waals surface area contributed by atoms with Crippen molar-refractivity contribution in [3.8, 4) is 17.1 Å². The summed E-state index contributed by atoms with van der Waals surface area (Å²) in [5, 5.41) is 12.4. The van der Waals surface area contributed by atoms with E-state index in [9.17, 15) is 4.79 Å². The van der Waals surface area contributed by atoms with Gasteiger partial charge in [0.25, 0.3) is 0 Å². The highest BCUT2D eigenvalue weighted by Gasteiger charge is 2.38. The molecule has 1 aliphatic heterocycles. The molecule has 0 saturated carbocycles. The monoisotopic (exact) mass is 491 g/mol. The number of thioether (sulfide) groups is 1. The number of aromatic nitrogens is 3. The maximum Gasteiger partial charge on any atom is 0.240 e. The Morgan fingerprint density at radius 3 is 2.56 bits per heavy atom. The summed E-state index contributed by atoms with van der Waals surface area (Å²) in [6.07, 6.45) is 0. The molecule has 7 nitrogen and oxygen atoms in total. The molecule has 3 aromatic carbocycles. The molecule has 1 aromatic heterocycles. The highest BCUT2D eigenvalue weighted by Crippen LogP contribution is 2.39. The van der Waals surface area contributed by atoms with E-state index in [-0.39, 0.29) is 11.9 Å². The lowest BCUT2D eigenvalue weighted by atomic mass is 10.0. The topological polar surface area (TPSA) is 81.1 Å². The van der Waals surface area contributed by atoms with E-state index >= 15 is 0 Å². The number of nitrogens with one attached hydrogen (secondary N) is 2. The number of carbonyl (C=O) groups excluding carboxylic acids is 1. The third kappa shape index (κ3) is 4.34. The van der Waals surface area contributed by atoms with E-state index in [4.69, 9.17) is 16.3 Å². The number of fused-ring (bicyclic) bond motifs is 1. The second kappa shape index (κ2) is 9.40. The molecule has 0 fully saturated rings. The Balaban J connectivity index is 1.50. The van der Waals surface area contributed by atoms with Gasteiger partial charge in [0.2, 0.25) is 11.1 Å². The summed E-state index contributed by atoms with van der Waals surface area (Å²) >= 11 is 7.63. The Kier molecular flexibility index (Phi) is 6.17. The minimum atomic E-state index is -0.506. The van der Waals surface area contributed by atoms with Crippen LogP contribution >= 0.6 is 23.4 Å². The molecule has 0 saturated heterocycles. The lowest BCUT2D eigenvalue weighted by Gasteiger charge is -2.33. The van der Waals surface area contributed by atoms with E-state index in [2.05, 4.69) is 20.9 Å². The Bertz CT molecular complexity index is 1330. The van der Waals surface area contributed by atoms with Gasteiger partial charge in [-0.05, 0) is 42.3 Å². The van der Waals surface area contributed by atoms with Crippen molar-refractivity contribution in [2.75, 3.05) is 17.9 Å². The van der Waals surface area contributed by atoms with E-state index in [1.54, 1.807) is 13.2 Å². The summed E-state index contributed by atoms with van der Waals surface area (Å²) in [6, 6.07) is 22.6. The number of aryl methyl sites for hydroxylation is 1. The molecule has 2 atom stereocenters. The first-order valence-electron chi connectivity index (χ1n) is 10.7. The molecule has 2 heterocycles. The van der Waals surface area contributed by atoms with Crippen LogP contribution < -0.4 is 15.5 Å². The van der Waals surface area contributed by atoms with Crippen molar-refractivity contribution in [2.45, 2.75) is 23.4 Å². The number of hydrogen-bond acceptors (Lipinski definition) is 6. The first kappa shape index (κ1) is 22.3. The van der Waals surface area contributed by atoms with E-state index in [1.165, 1.54) is 11.8 Å². The lowest BCUT2D eigenvalue weighted by Crippen LogP contribution is -2.41. The number of carbonyl (C=O) groups is 1. The lowest BCUT2D eigenvalue weighted by molar-refractivity contribution is -0.116. The van der Waals surface area contributed by atoms with Gasteiger partial charge in [0.05, 0.1) is 13.2 Å². The van der Waals surface area contributed by atoms with Gasteiger partial charge in [0.15, 0.2) is 5.82 Å². The highest BCUT2D eigenvalue weighted by atomic mass is 35.5. The summed E-state index contributed by atoms with van der Waals surface area (Å²) in [5.41, 5.74) is 6.94. The smallest absolute Gasteiger partial charge is 0.240 e. The normalized spacial score (nSPS) is 16.9. The van der Waals surface area contributed by atoms with Crippen molar-refractivity contribution < 1.29 is 9.53 Å². The van der Waals surface area contributed by atoms with Gasteiger partial charge in [-0.3, -0.25) is 4.79 Å². The standard InChI is InChI=1S/C25H22ClN5O2S/c1-15-8-11-18(14-20(15)26)27-24(32)22-21(16-9-12-19(33-2)13-10-16)30-31-23(28-29-25(31)34-22)17-6-4-3-5-7-17/h3-14,21-22,30H,1-2H3,(H,27,32)/t21-,22+/m1/s1. The fraction of sp³-hybridized carbons (Fsp3) is 0.160. The van der Waals surface area contributed by atoms with Crippen LogP contribution in [0.2, 0.25) is 5.02 Å². The zero-order chi connectivity index (χ0) is 23.7. The van der Waals surface area contributed by atoms with E-state index < -0.39 is 5.25 Å². The molecule has 0 unspecified atom stereocenters. The van der Waals surface area contributed by atoms with Gasteiger partial charge in [-0.1, -0.05) is 71.9 Å². The second-order valence-electron chi connectivity index (χ2n) is 7.88. The predicted molar refractivity (Wildman–Crippen MR) is 135 cm³/mol. The summed E-state index contributed by atoms with van der Waals surface area (Å²) in [6.45, 7) is 1.92. The van der Waals surface area contributed by atoms with Crippen molar-refractivity contribution in [1.82, 2.24) is 14.9 Å². The van der Waals surface area contributed by atoms with E-state index in [0.29, 0.717) is 21.7 Å². The fourth-order valence-corrected chi connectivity index (χ4v) is 5.03. The largest absolute Gasteiger partial charge is 0.497 e. The molecule has 0 aliphatic carbocycles. The predicted octanol–water partition coefficient (Wildman–Crippen LogP) is 5.31. The summed E-state index contributed by atoms with van der Waals surface area (Å²) < 4.78 is 7.16. The quantitative estimate of drug-likeness (QED) is 0.393. The SMILES string of the molecule is COc1ccc([C@H]2Nn3c(nnc3-c3ccccc3)S[C@@H]2C(=O)Nc2ccc(C)c(Cl)c2)cc1. The van der Waals surface area contributed by atoms with Crippen molar-refractivity contribution >= 4 is 35.0 Å². The van der Waals surface area contributed by atoms with Gasteiger partial charge in [0.1, 0.15) is 11.0 Å². The zero-order valence-corrected chi connectivity index (χ0v) is 20.1. The Morgan fingerprint density at radius 2 is 1.85 bits per heavy atom. The first-order chi connectivity index (χ1) is 16.5. The average molecular weight is 492 g/mol. The summed E-state index contributed by atoms with van der Waals surface area (Å²) in [7, 11) is 1.63. The minimum absolute atomic E-state index is 0.159. The zero-order valence-electron chi connectivity index (χ0n) is 18.5. The molecule has 1 amide bonds. The number of benzene rings is 3. The van der Waals surface area contributed by atoms with Gasteiger partial charge in [0, 0.05) is 16.3 Å². The number of hydrogen-bond donors (Lipinski definition) is 2. The number of ether oxygens (including phenoxy) is 1. The number of nitrogens with zero attached hydrogens (tertiary/aromatic N) is 3. The van der Waals surface area contributed by atoms with Crippen LogP contribution in [0, 0.1) is 6.92 Å². The van der Waals surface area contributed by atoms with Crippen LogP contribution in [-0.4, -0.2) is 33.1 Å². The van der Waals surface area contributed by atoms with E-state index in [0.717, 1.165) is 22.4 Å². The Hall–Kier alpha value is -3.49. The third-order valence-corrected chi connectivity index (χ3v) is 7.26. The van der Waals surface area contributed by atoms with Gasteiger partial charge in [-0.15, -0.1) is 10.2 Å². The molecule has 34 heavy (non-hydrogen) atoms. The second-order valence-corrected chi connectivity index (χ2v) is 9.40. The van der Waals surface area contributed by atoms with E-state index in [1.807, 2.05) is 78.3 Å². The molecule has 0 bridgehead atoms. The van der Waals surface area contributed by atoms with Crippen LogP contribution in [-0.2, 0) is 4.79 Å². The molecule has 9 heteroatoms. The number of rotatable bonds is 5. The van der Waals surface area contributed by atoms with Gasteiger partial charge >= 0.3 is 0 Å². The van der Waals surface area contributed by atoms with Gasteiger partial charge in [-0.2, -0.15) is 0 Å². The molecule has 2 N–H and O–H groups in total. The van der Waals surface area contributed by atoms with Crippen LogP contribution in [0.3, 0.4) is 0 Å². The van der Waals surface area contributed by atoms with Crippen LogP contribution in [0.5, 0.6) is 5.75 Å². The van der Waals surface area contributed by atoms with Crippen LogP contribution in [0.15, 0.2) is 78.0 Å². The van der Waals surface area contributed by atoms with Crippen LogP contribution in [0.4, 0.5) is 5.69 Å². The van der Waals surface area contributed by atoms with Crippen molar-refractivity contribution in [2.24, 2.45) is 0 Å². The van der Waals surface area contributed by atoms with Crippen molar-refractivity contribution in [3.05, 3.63) is 88.9 Å². The average Bonchev–Trinajstić information content (AvgIpc) is 3.29. The van der Waals surface area contributed by atoms with Crippen molar-refractivity contribution in [3.63, 3.8) is 0 Å². The maximum absolute atomic E-state index is 13.5. The van der Waals surface area contributed by atoms with Gasteiger partial charge < -0.3 is 15.5 Å². The molecule has 4 aromatic rings. The molecule has 1 aliphatic rings. The molecule has 0 radical (unpaired) electrons. The summed E-state index contributed by atoms with van der Waals surface area (Å²) in [5.74, 6) is 1.28. The third-order valence-electron chi connectivity index (χ3n) is 5.64. The Labute approximate surface area is 206 Å². The summed E-state index contributed by atoms with van der Waals surface area (Å²) in [4.78, 5) is 13.5. The Morgan fingerprint density at radius 1 is 1.09 bits per heavy atom. The molecule has 172 valence electrons. The fourth-order valence-electron chi connectivity index (χ4n) is 3.77. The molecular weight excluding hydrogens is 470 g/mol. The van der Waals surface area contributed by atoms with Crippen molar-refractivity contribution in [1.29, 1.82) is 0 Å². The molecular formula is C25H22ClN5O2S.